The first-order chi connectivity index (χ1) is 7.61. The second-order valence-electron chi connectivity index (χ2n) is 4.41. The first-order valence-corrected chi connectivity index (χ1v) is 5.71. The minimum Gasteiger partial charge on any atom is -0.348 e. The zero-order chi connectivity index (χ0) is 11.6. The summed E-state index contributed by atoms with van der Waals surface area (Å²) in [5.41, 5.74) is 0. The molecule has 1 N–H and O–H groups in total. The molecule has 0 atom stereocenters. The molecule has 0 aromatic rings. The fraction of sp³-hybridized carbons (Fsp3) is 0.818. The summed E-state index contributed by atoms with van der Waals surface area (Å²) >= 11 is 0. The van der Waals surface area contributed by atoms with E-state index in [4.69, 9.17) is 9.47 Å². The number of carbonyl (C=O) groups excluding carboxylic acids is 2. The van der Waals surface area contributed by atoms with Crippen LogP contribution < -0.4 is 5.32 Å². The van der Waals surface area contributed by atoms with Crippen LogP contribution in [-0.4, -0.2) is 36.7 Å². The van der Waals surface area contributed by atoms with Crippen LogP contribution >= 0.6 is 0 Å². The van der Waals surface area contributed by atoms with Crippen LogP contribution in [0.15, 0.2) is 0 Å². The highest BCUT2D eigenvalue weighted by Crippen LogP contribution is 2.35. The van der Waals surface area contributed by atoms with Gasteiger partial charge in [-0.2, -0.15) is 0 Å². The Bertz CT molecular complexity index is 286. The fourth-order valence-corrected chi connectivity index (χ4v) is 2.27. The van der Waals surface area contributed by atoms with E-state index < -0.39 is 17.5 Å². The molecule has 16 heavy (non-hydrogen) atoms. The van der Waals surface area contributed by atoms with Gasteiger partial charge in [-0.05, 0) is 12.8 Å². The topological polar surface area (TPSA) is 64.6 Å². The van der Waals surface area contributed by atoms with Crippen molar-refractivity contribution in [3.05, 3.63) is 0 Å². The van der Waals surface area contributed by atoms with Crippen LogP contribution in [0.5, 0.6) is 0 Å². The molecule has 2 rings (SSSR count). The highest BCUT2D eigenvalue weighted by molar-refractivity contribution is 6.35. The van der Waals surface area contributed by atoms with E-state index in [-0.39, 0.29) is 6.04 Å². The van der Waals surface area contributed by atoms with E-state index in [2.05, 4.69) is 5.32 Å². The molecule has 5 nitrogen and oxygen atoms in total. The predicted molar refractivity (Wildman–Crippen MR) is 55.7 cm³/mol. The van der Waals surface area contributed by atoms with Crippen molar-refractivity contribution in [3.63, 3.8) is 0 Å². The summed E-state index contributed by atoms with van der Waals surface area (Å²) in [6, 6.07) is 0.0785. The zero-order valence-electron chi connectivity index (χ0n) is 9.45. The van der Waals surface area contributed by atoms with Gasteiger partial charge >= 0.3 is 0 Å². The Morgan fingerprint density at radius 1 is 1.19 bits per heavy atom. The van der Waals surface area contributed by atoms with E-state index in [1.54, 1.807) is 0 Å². The lowest BCUT2D eigenvalue weighted by molar-refractivity contribution is -0.180. The summed E-state index contributed by atoms with van der Waals surface area (Å²) in [6.45, 7) is 2.60. The standard InChI is InChI=1S/C11H17NO4/c1-8(13)10(14)12-9-2-4-11(5-3-9)15-6-7-16-11/h9H,2-7H2,1H3,(H,12,14). The number of ether oxygens (including phenoxy) is 2. The average molecular weight is 227 g/mol. The number of rotatable bonds is 2. The highest BCUT2D eigenvalue weighted by Gasteiger charge is 2.40. The largest absolute Gasteiger partial charge is 0.348 e. The average Bonchev–Trinajstić information content (AvgIpc) is 2.70. The number of ketones is 1. The van der Waals surface area contributed by atoms with Crippen molar-refractivity contribution in [2.75, 3.05) is 13.2 Å². The lowest BCUT2D eigenvalue weighted by atomic mass is 9.90. The lowest BCUT2D eigenvalue weighted by Gasteiger charge is -2.35. The highest BCUT2D eigenvalue weighted by atomic mass is 16.7. The molecule has 1 amide bonds. The van der Waals surface area contributed by atoms with E-state index in [1.807, 2.05) is 0 Å². The molecule has 1 saturated heterocycles. The smallest absolute Gasteiger partial charge is 0.287 e. The van der Waals surface area contributed by atoms with Crippen molar-refractivity contribution in [1.82, 2.24) is 5.32 Å². The maximum Gasteiger partial charge on any atom is 0.287 e. The van der Waals surface area contributed by atoms with E-state index in [0.29, 0.717) is 13.2 Å². The Balaban J connectivity index is 1.81. The zero-order valence-corrected chi connectivity index (χ0v) is 9.45. The van der Waals surface area contributed by atoms with Crippen LogP contribution in [-0.2, 0) is 19.1 Å². The summed E-state index contributed by atoms with van der Waals surface area (Å²) < 4.78 is 11.2. The maximum absolute atomic E-state index is 11.2. The van der Waals surface area contributed by atoms with Crippen molar-refractivity contribution in [1.29, 1.82) is 0 Å². The van der Waals surface area contributed by atoms with Gasteiger partial charge in [0.2, 0.25) is 5.78 Å². The molecule has 0 bridgehead atoms. The number of Topliss-reactive ketones (excluding diaryl/α,β-unsaturated/α-hetero) is 1. The second kappa shape index (κ2) is 4.51. The molecule has 90 valence electrons. The van der Waals surface area contributed by atoms with Crippen LogP contribution in [0, 0.1) is 0 Å². The number of nitrogens with one attached hydrogen (secondary N) is 1. The van der Waals surface area contributed by atoms with Gasteiger partial charge in [0.1, 0.15) is 0 Å². The van der Waals surface area contributed by atoms with E-state index in [0.717, 1.165) is 25.7 Å². The molecule has 0 radical (unpaired) electrons. The summed E-state index contributed by atoms with van der Waals surface area (Å²) in [5, 5.41) is 2.73. The van der Waals surface area contributed by atoms with Crippen molar-refractivity contribution >= 4 is 11.7 Å². The third kappa shape index (κ3) is 2.41. The Kier molecular flexibility index (Phi) is 3.25. The summed E-state index contributed by atoms with van der Waals surface area (Å²) in [6.07, 6.45) is 3.18. The summed E-state index contributed by atoms with van der Waals surface area (Å²) in [5.74, 6) is -1.33. The van der Waals surface area contributed by atoms with Gasteiger partial charge in [-0.1, -0.05) is 0 Å². The third-order valence-electron chi connectivity index (χ3n) is 3.22. The molecule has 1 saturated carbocycles. The molecular weight excluding hydrogens is 210 g/mol. The number of hydrogen-bond acceptors (Lipinski definition) is 4. The Labute approximate surface area is 94.5 Å². The van der Waals surface area contributed by atoms with Gasteiger partial charge in [0.15, 0.2) is 5.79 Å². The maximum atomic E-state index is 11.2. The van der Waals surface area contributed by atoms with Gasteiger partial charge in [0.05, 0.1) is 13.2 Å². The van der Waals surface area contributed by atoms with Crippen molar-refractivity contribution in [3.8, 4) is 0 Å². The first-order valence-electron chi connectivity index (χ1n) is 5.71. The number of carbonyl (C=O) groups is 2. The van der Waals surface area contributed by atoms with Crippen LogP contribution in [0.4, 0.5) is 0 Å². The van der Waals surface area contributed by atoms with Crippen molar-refractivity contribution < 1.29 is 19.1 Å². The van der Waals surface area contributed by atoms with E-state index in [9.17, 15) is 9.59 Å². The number of amides is 1. The van der Waals surface area contributed by atoms with Crippen LogP contribution in [0.3, 0.4) is 0 Å². The minimum absolute atomic E-state index is 0.0785. The molecule has 5 heteroatoms. The lowest BCUT2D eigenvalue weighted by Crippen LogP contribution is -2.45. The number of hydrogen-bond donors (Lipinski definition) is 1. The van der Waals surface area contributed by atoms with E-state index >= 15 is 0 Å². The SMILES string of the molecule is CC(=O)C(=O)NC1CCC2(CC1)OCCO2. The van der Waals surface area contributed by atoms with Gasteiger partial charge in [0, 0.05) is 25.8 Å². The molecule has 0 aromatic carbocycles. The van der Waals surface area contributed by atoms with Gasteiger partial charge in [-0.15, -0.1) is 0 Å². The quantitative estimate of drug-likeness (QED) is 0.692. The van der Waals surface area contributed by atoms with Gasteiger partial charge < -0.3 is 14.8 Å². The van der Waals surface area contributed by atoms with Crippen LogP contribution in [0.1, 0.15) is 32.6 Å². The molecule has 0 aromatic heterocycles. The molecule has 1 heterocycles. The molecule has 1 spiro atoms. The Morgan fingerprint density at radius 3 is 2.25 bits per heavy atom. The first kappa shape index (κ1) is 11.5. The van der Waals surface area contributed by atoms with Gasteiger partial charge in [-0.25, -0.2) is 0 Å². The minimum atomic E-state index is -0.491. The normalized spacial score (nSPS) is 24.6. The molecular formula is C11H17NO4. The van der Waals surface area contributed by atoms with Crippen LogP contribution in [0.2, 0.25) is 0 Å². The fourth-order valence-electron chi connectivity index (χ4n) is 2.27. The molecule has 1 aliphatic carbocycles. The molecule has 2 aliphatic rings. The Hall–Kier alpha value is -0.940. The predicted octanol–water partition coefficient (Wildman–Crippen LogP) is 0.377. The second-order valence-corrected chi connectivity index (χ2v) is 4.41. The third-order valence-corrected chi connectivity index (χ3v) is 3.22. The molecule has 1 aliphatic heterocycles. The molecule has 0 unspecified atom stereocenters. The summed E-state index contributed by atoms with van der Waals surface area (Å²) in [4.78, 5) is 22.0. The van der Waals surface area contributed by atoms with Crippen molar-refractivity contribution in [2.24, 2.45) is 0 Å². The Morgan fingerprint density at radius 2 is 1.75 bits per heavy atom. The summed E-state index contributed by atoms with van der Waals surface area (Å²) in [7, 11) is 0. The molecule has 2 fully saturated rings. The van der Waals surface area contributed by atoms with Gasteiger partial charge in [0.25, 0.3) is 5.91 Å². The van der Waals surface area contributed by atoms with Gasteiger partial charge in [-0.3, -0.25) is 9.59 Å². The van der Waals surface area contributed by atoms with Crippen molar-refractivity contribution in [2.45, 2.75) is 44.4 Å². The van der Waals surface area contributed by atoms with Crippen LogP contribution in [0.25, 0.3) is 0 Å². The van der Waals surface area contributed by atoms with E-state index in [1.165, 1.54) is 6.92 Å². The monoisotopic (exact) mass is 227 g/mol.